The number of nitrogens with two attached hydrogens (primary N) is 1. The standard InChI is InChI=1S/C11H24N2O/c1-9(2)11(3,14)8-13-6-4-5-10(12)7-13/h9-10,14H,4-8,12H2,1-3H3/t10-,11?/m1/s1. The van der Waals surface area contributed by atoms with E-state index >= 15 is 0 Å². The lowest BCUT2D eigenvalue weighted by molar-refractivity contribution is -0.0240. The van der Waals surface area contributed by atoms with E-state index in [1.54, 1.807) is 0 Å². The van der Waals surface area contributed by atoms with Crippen molar-refractivity contribution in [3.8, 4) is 0 Å². The van der Waals surface area contributed by atoms with Crippen molar-refractivity contribution in [3.63, 3.8) is 0 Å². The van der Waals surface area contributed by atoms with Gasteiger partial charge in [-0.25, -0.2) is 0 Å². The van der Waals surface area contributed by atoms with Crippen molar-refractivity contribution in [2.24, 2.45) is 11.7 Å². The minimum atomic E-state index is -0.586. The third kappa shape index (κ3) is 3.23. The van der Waals surface area contributed by atoms with Crippen LogP contribution < -0.4 is 5.73 Å². The van der Waals surface area contributed by atoms with Gasteiger partial charge in [-0.1, -0.05) is 13.8 Å². The van der Waals surface area contributed by atoms with Crippen LogP contribution in [0.5, 0.6) is 0 Å². The summed E-state index contributed by atoms with van der Waals surface area (Å²) in [5, 5.41) is 10.1. The lowest BCUT2D eigenvalue weighted by Gasteiger charge is -2.38. The van der Waals surface area contributed by atoms with Crippen LogP contribution >= 0.6 is 0 Å². The van der Waals surface area contributed by atoms with Crippen LogP contribution in [0.15, 0.2) is 0 Å². The average Bonchev–Trinajstić information content (AvgIpc) is 2.02. The van der Waals surface area contributed by atoms with Gasteiger partial charge in [0, 0.05) is 19.1 Å². The van der Waals surface area contributed by atoms with Crippen LogP contribution in [-0.2, 0) is 0 Å². The number of likely N-dealkylation sites (tertiary alicyclic amines) is 1. The molecular formula is C11H24N2O. The molecule has 0 aromatic rings. The average molecular weight is 200 g/mol. The lowest BCUT2D eigenvalue weighted by atomic mass is 9.91. The van der Waals surface area contributed by atoms with Gasteiger partial charge in [0.05, 0.1) is 5.60 Å². The molecule has 1 aliphatic rings. The van der Waals surface area contributed by atoms with Gasteiger partial charge >= 0.3 is 0 Å². The highest BCUT2D eigenvalue weighted by Gasteiger charge is 2.29. The van der Waals surface area contributed by atoms with Crippen LogP contribution in [-0.4, -0.2) is 41.3 Å². The predicted molar refractivity (Wildman–Crippen MR) is 59.1 cm³/mol. The number of hydrogen-bond acceptors (Lipinski definition) is 3. The molecule has 3 nitrogen and oxygen atoms in total. The molecule has 1 heterocycles. The Kier molecular flexibility index (Phi) is 3.93. The first-order valence-corrected chi connectivity index (χ1v) is 5.62. The summed E-state index contributed by atoms with van der Waals surface area (Å²) < 4.78 is 0. The van der Waals surface area contributed by atoms with Crippen molar-refractivity contribution in [1.29, 1.82) is 0 Å². The van der Waals surface area contributed by atoms with E-state index in [0.29, 0.717) is 12.0 Å². The quantitative estimate of drug-likeness (QED) is 0.709. The molecule has 1 unspecified atom stereocenters. The molecule has 2 atom stereocenters. The van der Waals surface area contributed by atoms with E-state index in [0.717, 1.165) is 32.5 Å². The molecule has 1 rings (SSSR count). The second-order valence-corrected chi connectivity index (χ2v) is 5.15. The fourth-order valence-corrected chi connectivity index (χ4v) is 1.87. The molecule has 3 heteroatoms. The summed E-state index contributed by atoms with van der Waals surface area (Å²) >= 11 is 0. The van der Waals surface area contributed by atoms with Gasteiger partial charge in [0.15, 0.2) is 0 Å². The first-order valence-electron chi connectivity index (χ1n) is 5.62. The number of aliphatic hydroxyl groups is 1. The Bertz CT molecular complexity index is 180. The van der Waals surface area contributed by atoms with Crippen molar-refractivity contribution >= 4 is 0 Å². The Hall–Kier alpha value is -0.120. The molecule has 0 saturated carbocycles. The monoisotopic (exact) mass is 200 g/mol. The molecule has 0 spiro atoms. The van der Waals surface area contributed by atoms with Crippen molar-refractivity contribution in [2.45, 2.75) is 45.3 Å². The summed E-state index contributed by atoms with van der Waals surface area (Å²) in [4.78, 5) is 2.29. The van der Waals surface area contributed by atoms with Crippen molar-refractivity contribution in [1.82, 2.24) is 4.90 Å². The normalized spacial score (nSPS) is 29.1. The molecule has 1 saturated heterocycles. The van der Waals surface area contributed by atoms with Gasteiger partial charge in [-0.3, -0.25) is 4.90 Å². The van der Waals surface area contributed by atoms with E-state index in [2.05, 4.69) is 18.7 Å². The van der Waals surface area contributed by atoms with Crippen molar-refractivity contribution in [2.75, 3.05) is 19.6 Å². The Labute approximate surface area is 87.3 Å². The Morgan fingerprint density at radius 2 is 2.21 bits per heavy atom. The Balaban J connectivity index is 2.43. The molecule has 0 aliphatic carbocycles. The first-order chi connectivity index (χ1) is 6.42. The largest absolute Gasteiger partial charge is 0.389 e. The minimum absolute atomic E-state index is 0.292. The fourth-order valence-electron chi connectivity index (χ4n) is 1.87. The summed E-state index contributed by atoms with van der Waals surface area (Å²) in [6, 6.07) is 0.298. The van der Waals surface area contributed by atoms with Crippen molar-refractivity contribution < 1.29 is 5.11 Å². The zero-order chi connectivity index (χ0) is 10.8. The van der Waals surface area contributed by atoms with E-state index in [-0.39, 0.29) is 0 Å². The zero-order valence-corrected chi connectivity index (χ0v) is 9.66. The van der Waals surface area contributed by atoms with Gasteiger partial charge < -0.3 is 10.8 Å². The van der Waals surface area contributed by atoms with Crippen LogP contribution in [0, 0.1) is 5.92 Å². The summed E-state index contributed by atoms with van der Waals surface area (Å²) in [6.45, 7) is 8.79. The van der Waals surface area contributed by atoms with Crippen LogP contribution in [0.2, 0.25) is 0 Å². The minimum Gasteiger partial charge on any atom is -0.389 e. The van der Waals surface area contributed by atoms with E-state index < -0.39 is 5.60 Å². The van der Waals surface area contributed by atoms with Crippen molar-refractivity contribution in [3.05, 3.63) is 0 Å². The lowest BCUT2D eigenvalue weighted by Crippen LogP contribution is -2.50. The van der Waals surface area contributed by atoms with Gasteiger partial charge in [0.1, 0.15) is 0 Å². The highest BCUT2D eigenvalue weighted by atomic mass is 16.3. The van der Waals surface area contributed by atoms with Gasteiger partial charge in [0.2, 0.25) is 0 Å². The maximum atomic E-state index is 10.1. The Morgan fingerprint density at radius 3 is 2.71 bits per heavy atom. The molecule has 0 amide bonds. The maximum absolute atomic E-state index is 10.1. The number of nitrogens with zero attached hydrogens (tertiary/aromatic N) is 1. The van der Waals surface area contributed by atoms with Gasteiger partial charge in [0.25, 0.3) is 0 Å². The van der Waals surface area contributed by atoms with Crippen LogP contribution in [0.25, 0.3) is 0 Å². The van der Waals surface area contributed by atoms with E-state index in [1.165, 1.54) is 0 Å². The second-order valence-electron chi connectivity index (χ2n) is 5.15. The maximum Gasteiger partial charge on any atom is 0.0768 e. The second kappa shape index (κ2) is 4.60. The highest BCUT2D eigenvalue weighted by molar-refractivity contribution is 4.84. The third-order valence-corrected chi connectivity index (χ3v) is 3.33. The zero-order valence-electron chi connectivity index (χ0n) is 9.66. The SMILES string of the molecule is CC(C)C(C)(O)CN1CCC[C@@H](N)C1. The predicted octanol–water partition coefficient (Wildman–Crippen LogP) is 0.817. The number of hydrogen-bond donors (Lipinski definition) is 2. The smallest absolute Gasteiger partial charge is 0.0768 e. The van der Waals surface area contributed by atoms with Crippen LogP contribution in [0.3, 0.4) is 0 Å². The number of rotatable bonds is 3. The van der Waals surface area contributed by atoms with E-state index in [9.17, 15) is 5.11 Å². The molecule has 1 aliphatic heterocycles. The van der Waals surface area contributed by atoms with E-state index in [4.69, 9.17) is 5.73 Å². The van der Waals surface area contributed by atoms with E-state index in [1.807, 2.05) is 6.92 Å². The molecule has 0 aromatic heterocycles. The summed E-state index contributed by atoms with van der Waals surface area (Å²) in [5.41, 5.74) is 5.31. The summed E-state index contributed by atoms with van der Waals surface area (Å²) in [7, 11) is 0. The van der Waals surface area contributed by atoms with Gasteiger partial charge in [-0.2, -0.15) is 0 Å². The molecule has 1 fully saturated rings. The first kappa shape index (κ1) is 12.0. The molecule has 84 valence electrons. The molecule has 0 radical (unpaired) electrons. The topological polar surface area (TPSA) is 49.5 Å². The van der Waals surface area contributed by atoms with Crippen LogP contribution in [0.4, 0.5) is 0 Å². The highest BCUT2D eigenvalue weighted by Crippen LogP contribution is 2.19. The summed E-state index contributed by atoms with van der Waals surface area (Å²) in [5.74, 6) is 0.292. The van der Waals surface area contributed by atoms with Crippen LogP contribution in [0.1, 0.15) is 33.6 Å². The summed E-state index contributed by atoms with van der Waals surface area (Å²) in [6.07, 6.45) is 2.29. The molecule has 14 heavy (non-hydrogen) atoms. The fraction of sp³-hybridized carbons (Fsp3) is 1.00. The van der Waals surface area contributed by atoms with Gasteiger partial charge in [-0.15, -0.1) is 0 Å². The Morgan fingerprint density at radius 1 is 1.57 bits per heavy atom. The molecule has 3 N–H and O–H groups in total. The number of β-amino-alcohol motifs (C(OH)–C–C–N with tert-alkyl or cyclic N) is 1. The molecule has 0 aromatic carbocycles. The van der Waals surface area contributed by atoms with Gasteiger partial charge in [-0.05, 0) is 32.2 Å². The molecule has 0 bridgehead atoms. The number of piperidine rings is 1. The third-order valence-electron chi connectivity index (χ3n) is 3.33. The molecular weight excluding hydrogens is 176 g/mol.